The van der Waals surface area contributed by atoms with E-state index in [1.54, 1.807) is 13.3 Å². The molecule has 1 aromatic carbocycles. The van der Waals surface area contributed by atoms with Gasteiger partial charge in [0.25, 0.3) is 0 Å². The number of fused-ring (bicyclic) bond motifs is 1. The van der Waals surface area contributed by atoms with Gasteiger partial charge in [-0.3, -0.25) is 10.4 Å². The molecule has 0 unspecified atom stereocenters. The third-order valence-corrected chi connectivity index (χ3v) is 3.60. The van der Waals surface area contributed by atoms with Gasteiger partial charge in [-0.15, -0.1) is 0 Å². The summed E-state index contributed by atoms with van der Waals surface area (Å²) < 4.78 is 5.26. The average molecular weight is 306 g/mol. The van der Waals surface area contributed by atoms with Crippen molar-refractivity contribution in [1.29, 1.82) is 0 Å². The van der Waals surface area contributed by atoms with Gasteiger partial charge in [0.05, 0.1) is 24.0 Å². The van der Waals surface area contributed by atoms with Crippen molar-refractivity contribution in [1.82, 2.24) is 9.97 Å². The van der Waals surface area contributed by atoms with Gasteiger partial charge in [-0.2, -0.15) is 5.10 Å². The number of aryl methyl sites for hydroxylation is 1. The predicted molar refractivity (Wildman–Crippen MR) is 93.1 cm³/mol. The molecule has 0 aliphatic rings. The number of rotatable bonds is 4. The summed E-state index contributed by atoms with van der Waals surface area (Å²) in [5, 5.41) is 5.43. The lowest BCUT2D eigenvalue weighted by atomic mass is 10.1. The molecule has 0 spiro atoms. The van der Waals surface area contributed by atoms with Gasteiger partial charge in [0.15, 0.2) is 0 Å². The normalized spacial score (nSPS) is 11.5. The Bertz CT molecular complexity index is 860. The molecule has 3 aromatic rings. The third-order valence-electron chi connectivity index (χ3n) is 3.60. The fraction of sp³-hybridized carbons (Fsp3) is 0.167. The minimum absolute atomic E-state index is 0.704. The summed E-state index contributed by atoms with van der Waals surface area (Å²) in [4.78, 5) is 8.86. The first kappa shape index (κ1) is 15.0. The molecular weight excluding hydrogens is 288 g/mol. The molecule has 0 bridgehead atoms. The largest absolute Gasteiger partial charge is 0.497 e. The van der Waals surface area contributed by atoms with E-state index in [-0.39, 0.29) is 0 Å². The first-order valence-electron chi connectivity index (χ1n) is 7.34. The van der Waals surface area contributed by atoms with Gasteiger partial charge < -0.3 is 4.74 Å². The van der Waals surface area contributed by atoms with E-state index in [4.69, 9.17) is 4.74 Å². The van der Waals surface area contributed by atoms with Crippen LogP contribution in [0.15, 0.2) is 53.8 Å². The molecule has 2 aromatic heterocycles. The van der Waals surface area contributed by atoms with Crippen molar-refractivity contribution in [2.75, 3.05) is 12.5 Å². The van der Waals surface area contributed by atoms with Crippen molar-refractivity contribution in [3.63, 3.8) is 0 Å². The maximum Gasteiger partial charge on any atom is 0.147 e. The van der Waals surface area contributed by atoms with Crippen molar-refractivity contribution >= 4 is 22.4 Å². The van der Waals surface area contributed by atoms with Crippen molar-refractivity contribution in [3.8, 4) is 5.75 Å². The number of ether oxygens (including phenoxy) is 1. The molecule has 0 atom stereocenters. The molecule has 0 aliphatic heterocycles. The number of nitrogens with zero attached hydrogens (tertiary/aromatic N) is 3. The Morgan fingerprint density at radius 3 is 2.78 bits per heavy atom. The predicted octanol–water partition coefficient (Wildman–Crippen LogP) is 3.78. The Kier molecular flexibility index (Phi) is 4.19. The monoisotopic (exact) mass is 306 g/mol. The number of aromatic nitrogens is 2. The molecule has 0 saturated carbocycles. The zero-order valence-corrected chi connectivity index (χ0v) is 13.4. The van der Waals surface area contributed by atoms with Crippen molar-refractivity contribution in [3.05, 3.63) is 59.9 Å². The van der Waals surface area contributed by atoms with E-state index in [2.05, 4.69) is 20.5 Å². The fourth-order valence-electron chi connectivity index (χ4n) is 2.33. The number of benzene rings is 1. The first-order valence-corrected chi connectivity index (χ1v) is 7.34. The second-order valence-electron chi connectivity index (χ2n) is 5.23. The van der Waals surface area contributed by atoms with E-state index in [9.17, 15) is 0 Å². The third kappa shape index (κ3) is 3.29. The lowest BCUT2D eigenvalue weighted by molar-refractivity contribution is 0.415. The second kappa shape index (κ2) is 6.44. The molecule has 2 heterocycles. The number of nitrogens with one attached hydrogen (secondary N) is 1. The number of hydrogen-bond donors (Lipinski definition) is 1. The van der Waals surface area contributed by atoms with Gasteiger partial charge in [-0.05, 0) is 55.8 Å². The molecule has 0 radical (unpaired) electrons. The maximum atomic E-state index is 5.26. The van der Waals surface area contributed by atoms with Crippen LogP contribution in [0.5, 0.6) is 5.75 Å². The van der Waals surface area contributed by atoms with Crippen molar-refractivity contribution < 1.29 is 4.74 Å². The average Bonchev–Trinajstić information content (AvgIpc) is 2.60. The molecule has 5 heteroatoms. The van der Waals surface area contributed by atoms with E-state index in [1.165, 1.54) is 0 Å². The number of methoxy groups -OCH3 is 1. The number of anilines is 1. The molecule has 116 valence electrons. The van der Waals surface area contributed by atoms with Crippen molar-refractivity contribution in [2.45, 2.75) is 13.8 Å². The molecule has 0 saturated heterocycles. The van der Waals surface area contributed by atoms with E-state index >= 15 is 0 Å². The van der Waals surface area contributed by atoms with E-state index in [0.29, 0.717) is 5.82 Å². The summed E-state index contributed by atoms with van der Waals surface area (Å²) in [5.41, 5.74) is 6.67. The summed E-state index contributed by atoms with van der Waals surface area (Å²) in [6, 6.07) is 13.6. The Hall–Kier alpha value is -2.95. The van der Waals surface area contributed by atoms with Crippen LogP contribution in [0.1, 0.15) is 18.2 Å². The lowest BCUT2D eigenvalue weighted by Crippen LogP contribution is -2.03. The molecule has 23 heavy (non-hydrogen) atoms. The number of hydrazone groups is 1. The van der Waals surface area contributed by atoms with Crippen LogP contribution in [0, 0.1) is 6.92 Å². The number of hydrogen-bond acceptors (Lipinski definition) is 5. The minimum Gasteiger partial charge on any atom is -0.497 e. The first-order chi connectivity index (χ1) is 11.2. The summed E-state index contributed by atoms with van der Waals surface area (Å²) >= 11 is 0. The molecule has 5 nitrogen and oxygen atoms in total. The van der Waals surface area contributed by atoms with Gasteiger partial charge in [0.1, 0.15) is 11.6 Å². The molecule has 1 N–H and O–H groups in total. The van der Waals surface area contributed by atoms with Crippen LogP contribution in [-0.2, 0) is 0 Å². The summed E-state index contributed by atoms with van der Waals surface area (Å²) in [6.07, 6.45) is 1.75. The van der Waals surface area contributed by atoms with E-state index in [1.807, 2.05) is 56.3 Å². The van der Waals surface area contributed by atoms with Gasteiger partial charge in [0, 0.05) is 11.6 Å². The molecule has 0 aliphatic carbocycles. The van der Waals surface area contributed by atoms with Gasteiger partial charge in [0.2, 0.25) is 0 Å². The highest BCUT2D eigenvalue weighted by molar-refractivity contribution is 5.97. The highest BCUT2D eigenvalue weighted by Gasteiger charge is 2.04. The highest BCUT2D eigenvalue weighted by atomic mass is 16.5. The maximum absolute atomic E-state index is 5.26. The van der Waals surface area contributed by atoms with E-state index in [0.717, 1.165) is 33.6 Å². The Balaban J connectivity index is 1.89. The van der Waals surface area contributed by atoms with E-state index < -0.39 is 0 Å². The van der Waals surface area contributed by atoms with Crippen LogP contribution in [0.25, 0.3) is 10.9 Å². The van der Waals surface area contributed by atoms with Crippen LogP contribution in [0.4, 0.5) is 5.82 Å². The van der Waals surface area contributed by atoms with Crippen LogP contribution in [0.3, 0.4) is 0 Å². The van der Waals surface area contributed by atoms with Crippen LogP contribution in [-0.4, -0.2) is 22.8 Å². The smallest absolute Gasteiger partial charge is 0.147 e. The molecule has 3 rings (SSSR count). The van der Waals surface area contributed by atoms with Gasteiger partial charge in [-0.25, -0.2) is 4.98 Å². The standard InChI is InChI=1S/C18H18N4O/c1-12-10-18(20-17-8-7-14(23-3)11-15(12)17)22-21-13(2)16-6-4-5-9-19-16/h4-11H,1-3H3,(H,20,22)/b21-13+. The zero-order chi connectivity index (χ0) is 16.2. The van der Waals surface area contributed by atoms with Gasteiger partial charge >= 0.3 is 0 Å². The fourth-order valence-corrected chi connectivity index (χ4v) is 2.33. The molecule has 0 fully saturated rings. The number of pyridine rings is 2. The minimum atomic E-state index is 0.704. The molecular formula is C18H18N4O. The van der Waals surface area contributed by atoms with Crippen LogP contribution in [0.2, 0.25) is 0 Å². The van der Waals surface area contributed by atoms with Crippen LogP contribution < -0.4 is 10.2 Å². The van der Waals surface area contributed by atoms with Gasteiger partial charge in [-0.1, -0.05) is 6.07 Å². The summed E-state index contributed by atoms with van der Waals surface area (Å²) in [6.45, 7) is 3.96. The second-order valence-corrected chi connectivity index (χ2v) is 5.23. The topological polar surface area (TPSA) is 59.4 Å². The summed E-state index contributed by atoms with van der Waals surface area (Å²) in [7, 11) is 1.66. The Labute approximate surface area is 135 Å². The Morgan fingerprint density at radius 2 is 2.04 bits per heavy atom. The van der Waals surface area contributed by atoms with Crippen LogP contribution >= 0.6 is 0 Å². The molecule has 0 amide bonds. The zero-order valence-electron chi connectivity index (χ0n) is 13.4. The SMILES string of the molecule is COc1ccc2nc(N/N=C(\C)c3ccccn3)cc(C)c2c1. The van der Waals surface area contributed by atoms with Crippen molar-refractivity contribution in [2.24, 2.45) is 5.10 Å². The highest BCUT2D eigenvalue weighted by Crippen LogP contribution is 2.24. The lowest BCUT2D eigenvalue weighted by Gasteiger charge is -2.08. The Morgan fingerprint density at radius 1 is 1.17 bits per heavy atom. The quantitative estimate of drug-likeness (QED) is 0.588. The summed E-state index contributed by atoms with van der Waals surface area (Å²) in [5.74, 6) is 1.53.